The number of anilines is 2. The highest BCUT2D eigenvalue weighted by Crippen LogP contribution is 2.30. The molecule has 2 aromatic carbocycles. The molecule has 0 radical (unpaired) electrons. The molecular weight excluding hydrogens is 504 g/mol. The monoisotopic (exact) mass is 533 g/mol. The summed E-state index contributed by atoms with van der Waals surface area (Å²) < 4.78 is 35.0. The highest BCUT2D eigenvalue weighted by Gasteiger charge is 2.24. The number of para-hydroxylation sites is 2. The molecular formula is C28H29F2N7O2. The van der Waals surface area contributed by atoms with E-state index in [-0.39, 0.29) is 17.9 Å². The number of aromatic nitrogens is 4. The third-order valence-corrected chi connectivity index (χ3v) is 7.09. The summed E-state index contributed by atoms with van der Waals surface area (Å²) in [5, 5.41) is 6.23. The van der Waals surface area contributed by atoms with Crippen LogP contribution < -0.4 is 15.5 Å². The van der Waals surface area contributed by atoms with Gasteiger partial charge in [-0.1, -0.05) is 30.7 Å². The first-order valence-electron chi connectivity index (χ1n) is 13.2. The predicted octanol–water partition coefficient (Wildman–Crippen LogP) is 4.34. The van der Waals surface area contributed by atoms with Gasteiger partial charge in [-0.3, -0.25) is 9.36 Å². The molecule has 6 rings (SSSR count). The van der Waals surface area contributed by atoms with E-state index in [0.717, 1.165) is 31.4 Å². The van der Waals surface area contributed by atoms with Gasteiger partial charge < -0.3 is 20.3 Å². The molecule has 2 N–H and O–H groups in total. The summed E-state index contributed by atoms with van der Waals surface area (Å²) in [4.78, 5) is 28.3. The van der Waals surface area contributed by atoms with Gasteiger partial charge in [0.25, 0.3) is 6.43 Å². The van der Waals surface area contributed by atoms with Crippen molar-refractivity contribution < 1.29 is 18.3 Å². The average molecular weight is 534 g/mol. The maximum atomic E-state index is 14.1. The van der Waals surface area contributed by atoms with Crippen LogP contribution in [-0.4, -0.2) is 64.3 Å². The summed E-state index contributed by atoms with van der Waals surface area (Å²) >= 11 is 0. The molecule has 2 aliphatic heterocycles. The van der Waals surface area contributed by atoms with Crippen molar-refractivity contribution in [2.24, 2.45) is 0 Å². The zero-order valence-corrected chi connectivity index (χ0v) is 21.3. The number of nitrogens with one attached hydrogen (secondary N) is 2. The number of morpholine rings is 1. The lowest BCUT2D eigenvalue weighted by Gasteiger charge is -2.28. The molecule has 2 aliphatic rings. The zero-order valence-electron chi connectivity index (χ0n) is 21.3. The summed E-state index contributed by atoms with van der Waals surface area (Å²) in [5.74, 6) is 0.291. The third kappa shape index (κ3) is 5.32. The van der Waals surface area contributed by atoms with Gasteiger partial charge >= 0.3 is 0 Å². The third-order valence-electron chi connectivity index (χ3n) is 7.09. The Kier molecular flexibility index (Phi) is 7.16. The van der Waals surface area contributed by atoms with Gasteiger partial charge in [-0.25, -0.2) is 18.7 Å². The standard InChI is InChI=1S/C28H29F2N7O2/c29-25(30)26-33-20-5-1-2-7-23(20)37(26)28-34-22(17-24(35-28)36-13-15-39-16-14-36)18-8-10-19(11-9-18)32-27(38)21-6-3-4-12-31-21/h1-2,5,7-11,17,21,25,31H,3-4,6,12-16H2,(H,32,38). The molecule has 2 saturated heterocycles. The molecule has 1 atom stereocenters. The number of alkyl halides is 2. The number of carbonyl (C=O) groups is 1. The number of piperidine rings is 1. The average Bonchev–Trinajstić information content (AvgIpc) is 3.38. The van der Waals surface area contributed by atoms with Crippen molar-refractivity contribution in [2.45, 2.75) is 31.7 Å². The van der Waals surface area contributed by atoms with Crippen LogP contribution in [0.1, 0.15) is 31.5 Å². The Morgan fingerprint density at radius 2 is 1.82 bits per heavy atom. The van der Waals surface area contributed by atoms with Crippen LogP contribution in [0.15, 0.2) is 54.6 Å². The summed E-state index contributed by atoms with van der Waals surface area (Å²) in [7, 11) is 0. The van der Waals surface area contributed by atoms with E-state index in [1.807, 2.05) is 30.3 Å². The Morgan fingerprint density at radius 1 is 1.03 bits per heavy atom. The van der Waals surface area contributed by atoms with Crippen molar-refractivity contribution in [3.05, 3.63) is 60.4 Å². The number of ether oxygens (including phenoxy) is 1. The first-order valence-corrected chi connectivity index (χ1v) is 13.2. The highest BCUT2D eigenvalue weighted by atomic mass is 19.3. The zero-order chi connectivity index (χ0) is 26.8. The van der Waals surface area contributed by atoms with Crippen molar-refractivity contribution in [3.8, 4) is 17.2 Å². The molecule has 0 spiro atoms. The minimum Gasteiger partial charge on any atom is -0.378 e. The van der Waals surface area contributed by atoms with E-state index in [2.05, 4.69) is 20.5 Å². The summed E-state index contributed by atoms with van der Waals surface area (Å²) in [6.45, 7) is 3.20. The smallest absolute Gasteiger partial charge is 0.296 e. The van der Waals surface area contributed by atoms with Gasteiger partial charge in [-0.15, -0.1) is 0 Å². The Bertz CT molecular complexity index is 1460. The molecule has 0 bridgehead atoms. The van der Waals surface area contributed by atoms with Crippen molar-refractivity contribution in [1.29, 1.82) is 0 Å². The summed E-state index contributed by atoms with van der Waals surface area (Å²) in [6, 6.07) is 16.0. The van der Waals surface area contributed by atoms with E-state index < -0.39 is 12.2 Å². The largest absolute Gasteiger partial charge is 0.378 e. The van der Waals surface area contributed by atoms with Crippen LogP contribution in [0, 0.1) is 0 Å². The predicted molar refractivity (Wildman–Crippen MR) is 144 cm³/mol. The van der Waals surface area contributed by atoms with Crippen molar-refractivity contribution >= 4 is 28.4 Å². The fraction of sp³-hybridized carbons (Fsp3) is 0.357. The number of halogens is 2. The molecule has 11 heteroatoms. The number of rotatable bonds is 6. The summed E-state index contributed by atoms with van der Waals surface area (Å²) in [5.41, 5.74) is 2.98. The van der Waals surface area contributed by atoms with Crippen LogP contribution in [0.4, 0.5) is 20.3 Å². The lowest BCUT2D eigenvalue weighted by molar-refractivity contribution is -0.118. The number of hydrogen-bond donors (Lipinski definition) is 2. The van der Waals surface area contributed by atoms with Crippen molar-refractivity contribution in [3.63, 3.8) is 0 Å². The molecule has 9 nitrogen and oxygen atoms in total. The quantitative estimate of drug-likeness (QED) is 0.381. The molecule has 1 unspecified atom stereocenters. The first kappa shape index (κ1) is 25.3. The minimum atomic E-state index is -2.81. The maximum Gasteiger partial charge on any atom is 0.296 e. The second kappa shape index (κ2) is 11.0. The molecule has 2 fully saturated rings. The van der Waals surface area contributed by atoms with E-state index in [9.17, 15) is 13.6 Å². The molecule has 4 heterocycles. The van der Waals surface area contributed by atoms with Crippen LogP contribution in [0.5, 0.6) is 0 Å². The van der Waals surface area contributed by atoms with E-state index in [4.69, 9.17) is 14.7 Å². The van der Waals surface area contributed by atoms with Crippen molar-refractivity contribution in [2.75, 3.05) is 43.1 Å². The molecule has 202 valence electrons. The maximum absolute atomic E-state index is 14.1. The van der Waals surface area contributed by atoms with E-state index in [0.29, 0.717) is 54.5 Å². The molecule has 2 aromatic heterocycles. The number of imidazole rings is 1. The lowest BCUT2D eigenvalue weighted by atomic mass is 10.0. The van der Waals surface area contributed by atoms with Crippen LogP contribution >= 0.6 is 0 Å². The number of nitrogens with zero attached hydrogens (tertiary/aromatic N) is 5. The normalized spacial score (nSPS) is 18.0. The second-order valence-corrected chi connectivity index (χ2v) is 9.67. The highest BCUT2D eigenvalue weighted by molar-refractivity contribution is 5.95. The number of benzene rings is 2. The van der Waals surface area contributed by atoms with Gasteiger partial charge in [0.15, 0.2) is 5.82 Å². The SMILES string of the molecule is O=C(Nc1ccc(-c2cc(N3CCOCC3)nc(-n3c(C(F)F)nc4ccccc43)n2)cc1)C1CCCCN1. The summed E-state index contributed by atoms with van der Waals surface area (Å²) in [6.07, 6.45) is 0.129. The van der Waals surface area contributed by atoms with E-state index in [1.54, 1.807) is 24.3 Å². The van der Waals surface area contributed by atoms with Crippen LogP contribution in [0.25, 0.3) is 28.2 Å². The molecule has 4 aromatic rings. The number of hydrogen-bond acceptors (Lipinski definition) is 7. The van der Waals surface area contributed by atoms with E-state index in [1.165, 1.54) is 4.57 Å². The topological polar surface area (TPSA) is 97.2 Å². The fourth-order valence-electron chi connectivity index (χ4n) is 5.05. The molecule has 1 amide bonds. The van der Waals surface area contributed by atoms with Gasteiger partial charge in [-0.2, -0.15) is 4.98 Å². The molecule has 0 saturated carbocycles. The minimum absolute atomic E-state index is 0.0482. The second-order valence-electron chi connectivity index (χ2n) is 9.67. The van der Waals surface area contributed by atoms with E-state index >= 15 is 0 Å². The molecule has 39 heavy (non-hydrogen) atoms. The Hall–Kier alpha value is -3.96. The Balaban J connectivity index is 1.38. The van der Waals surface area contributed by atoms with Gasteiger partial charge in [0.05, 0.1) is 36.0 Å². The number of fused-ring (bicyclic) bond motifs is 1. The lowest BCUT2D eigenvalue weighted by Crippen LogP contribution is -2.43. The van der Waals surface area contributed by atoms with Crippen LogP contribution in [0.3, 0.4) is 0 Å². The number of carbonyl (C=O) groups excluding carboxylic acids is 1. The Morgan fingerprint density at radius 3 is 2.56 bits per heavy atom. The van der Waals surface area contributed by atoms with Gasteiger partial charge in [0, 0.05) is 30.4 Å². The van der Waals surface area contributed by atoms with Crippen LogP contribution in [-0.2, 0) is 9.53 Å². The Labute approximate surface area is 224 Å². The number of amides is 1. The fourth-order valence-corrected chi connectivity index (χ4v) is 5.05. The van der Waals surface area contributed by atoms with Gasteiger partial charge in [0.2, 0.25) is 11.9 Å². The van der Waals surface area contributed by atoms with Gasteiger partial charge in [-0.05, 0) is 43.7 Å². The van der Waals surface area contributed by atoms with Crippen molar-refractivity contribution in [1.82, 2.24) is 24.8 Å². The first-order chi connectivity index (χ1) is 19.1. The van der Waals surface area contributed by atoms with Crippen LogP contribution in [0.2, 0.25) is 0 Å². The van der Waals surface area contributed by atoms with Gasteiger partial charge in [0.1, 0.15) is 5.82 Å². The molecule has 0 aliphatic carbocycles.